The molecule has 0 bridgehead atoms. The van der Waals surface area contributed by atoms with Crippen molar-refractivity contribution in [2.75, 3.05) is 6.54 Å². The molecule has 44 heavy (non-hydrogen) atoms. The highest BCUT2D eigenvalue weighted by molar-refractivity contribution is 7.89. The summed E-state index contributed by atoms with van der Waals surface area (Å²) in [7, 11) is -4.06. The lowest BCUT2D eigenvalue weighted by Crippen LogP contribution is -2.46. The molecule has 0 heterocycles. The van der Waals surface area contributed by atoms with Crippen LogP contribution >= 0.6 is 11.6 Å². The Balaban J connectivity index is 1.58. The van der Waals surface area contributed by atoms with Crippen LogP contribution in [-0.2, 0) is 35.7 Å². The van der Waals surface area contributed by atoms with Crippen LogP contribution in [0.3, 0.4) is 0 Å². The predicted octanol–water partition coefficient (Wildman–Crippen LogP) is 5.41. The summed E-state index contributed by atoms with van der Waals surface area (Å²) in [5.74, 6) is -0.694. The number of hydrogen-bond acceptors (Lipinski definition) is 5. The van der Waals surface area contributed by atoms with Crippen molar-refractivity contribution in [3.8, 4) is 0 Å². The lowest BCUT2D eigenvalue weighted by Gasteiger charge is -2.29. The molecule has 1 amide bonds. The third kappa shape index (κ3) is 9.13. The van der Waals surface area contributed by atoms with E-state index in [0.717, 1.165) is 22.6 Å². The number of hydrogen-bond donors (Lipinski definition) is 3. The molecule has 0 aliphatic heterocycles. The molecule has 0 aliphatic rings. The maximum atomic E-state index is 13.8. The first kappa shape index (κ1) is 33.2. The SMILES string of the molecule is N[C@@H](Cc1ccccc1)[C@@H](O)CN(Cc1cccc(C(F)(F)F)c1)C(=O)c1cccc(S(=O)(=O)NCc2cccc(Cl)c2)c1. The van der Waals surface area contributed by atoms with E-state index >= 15 is 0 Å². The molecule has 4 rings (SSSR count). The quantitative estimate of drug-likeness (QED) is 0.191. The predicted molar refractivity (Wildman–Crippen MR) is 162 cm³/mol. The number of alkyl halides is 3. The third-order valence-corrected chi connectivity index (χ3v) is 8.51. The zero-order chi connectivity index (χ0) is 31.9. The number of nitrogens with zero attached hydrogens (tertiary/aromatic N) is 1. The summed E-state index contributed by atoms with van der Waals surface area (Å²) in [6.45, 7) is -0.650. The number of aliphatic hydroxyl groups is 1. The van der Waals surface area contributed by atoms with E-state index in [1.165, 1.54) is 36.4 Å². The fourth-order valence-electron chi connectivity index (χ4n) is 4.56. The number of carbonyl (C=O) groups is 1. The lowest BCUT2D eigenvalue weighted by atomic mass is 10.0. The van der Waals surface area contributed by atoms with Gasteiger partial charge in [0.05, 0.1) is 16.6 Å². The molecule has 0 aliphatic carbocycles. The Morgan fingerprint density at radius 1 is 0.886 bits per heavy atom. The Bertz CT molecular complexity index is 1690. The van der Waals surface area contributed by atoms with Gasteiger partial charge in [-0.2, -0.15) is 13.2 Å². The maximum Gasteiger partial charge on any atom is 0.416 e. The number of carbonyl (C=O) groups excluding carboxylic acids is 1. The highest BCUT2D eigenvalue weighted by Gasteiger charge is 2.31. The molecule has 232 valence electrons. The largest absolute Gasteiger partial charge is 0.416 e. The van der Waals surface area contributed by atoms with E-state index in [4.69, 9.17) is 17.3 Å². The van der Waals surface area contributed by atoms with Crippen molar-refractivity contribution >= 4 is 27.5 Å². The zero-order valence-electron chi connectivity index (χ0n) is 23.4. The van der Waals surface area contributed by atoms with Gasteiger partial charge < -0.3 is 15.7 Å². The topological polar surface area (TPSA) is 113 Å². The summed E-state index contributed by atoms with van der Waals surface area (Å²) in [6.07, 6.45) is -5.54. The Hall–Kier alpha value is -3.74. The van der Waals surface area contributed by atoms with Crippen molar-refractivity contribution in [1.29, 1.82) is 0 Å². The van der Waals surface area contributed by atoms with Crippen LogP contribution in [-0.4, -0.2) is 43.0 Å². The number of benzene rings is 4. The molecule has 0 unspecified atom stereocenters. The van der Waals surface area contributed by atoms with Gasteiger partial charge in [0, 0.05) is 36.3 Å². The van der Waals surface area contributed by atoms with Crippen LogP contribution in [0, 0.1) is 0 Å². The van der Waals surface area contributed by atoms with Gasteiger partial charge in [-0.15, -0.1) is 0 Å². The van der Waals surface area contributed by atoms with E-state index in [1.54, 1.807) is 24.3 Å². The molecule has 4 aromatic carbocycles. The molecule has 0 fully saturated rings. The first-order valence-corrected chi connectivity index (χ1v) is 15.4. The van der Waals surface area contributed by atoms with Crippen molar-refractivity contribution in [2.24, 2.45) is 5.73 Å². The van der Waals surface area contributed by atoms with Crippen molar-refractivity contribution in [2.45, 2.75) is 42.7 Å². The Labute approximate surface area is 259 Å². The van der Waals surface area contributed by atoms with Gasteiger partial charge >= 0.3 is 6.18 Å². The molecular weight excluding hydrogens is 615 g/mol. The fraction of sp³-hybridized carbons (Fsp3) is 0.219. The standard InChI is InChI=1S/C32H31ClF3N3O4S/c33-27-13-5-9-23(16-27)19-38-44(42,43)28-14-6-11-25(18-28)31(41)39(20-24-10-4-12-26(15-24)32(34,35)36)21-30(40)29(37)17-22-7-2-1-3-8-22/h1-16,18,29-30,38,40H,17,19-21,37H2/t29-,30-/m0/s1. The zero-order valence-corrected chi connectivity index (χ0v) is 25.0. The van der Waals surface area contributed by atoms with Gasteiger partial charge in [-0.1, -0.05) is 72.3 Å². The minimum atomic E-state index is -4.59. The normalized spacial score (nSPS) is 13.3. The van der Waals surface area contributed by atoms with Gasteiger partial charge in [-0.05, 0) is 65.6 Å². The summed E-state index contributed by atoms with van der Waals surface area (Å²) >= 11 is 5.98. The van der Waals surface area contributed by atoms with Crippen molar-refractivity contribution in [1.82, 2.24) is 9.62 Å². The van der Waals surface area contributed by atoms with E-state index in [-0.39, 0.29) is 35.7 Å². The molecule has 7 nitrogen and oxygen atoms in total. The van der Waals surface area contributed by atoms with Crippen molar-refractivity contribution in [3.63, 3.8) is 0 Å². The van der Waals surface area contributed by atoms with Gasteiger partial charge in [0.1, 0.15) is 0 Å². The average Bonchev–Trinajstić information content (AvgIpc) is 2.99. The Morgan fingerprint density at radius 2 is 1.55 bits per heavy atom. The number of amides is 1. The summed E-state index contributed by atoms with van der Waals surface area (Å²) in [5, 5.41) is 11.4. The van der Waals surface area contributed by atoms with E-state index < -0.39 is 39.8 Å². The fourth-order valence-corrected chi connectivity index (χ4v) is 5.83. The number of nitrogens with one attached hydrogen (secondary N) is 1. The van der Waals surface area contributed by atoms with Crippen molar-refractivity contribution in [3.05, 3.63) is 136 Å². The first-order valence-electron chi connectivity index (χ1n) is 13.6. The molecule has 4 N–H and O–H groups in total. The van der Waals surface area contributed by atoms with E-state index in [1.807, 2.05) is 30.3 Å². The minimum Gasteiger partial charge on any atom is -0.390 e. The van der Waals surface area contributed by atoms with Gasteiger partial charge in [0.2, 0.25) is 10.0 Å². The molecule has 0 saturated carbocycles. The lowest BCUT2D eigenvalue weighted by molar-refractivity contribution is -0.137. The summed E-state index contributed by atoms with van der Waals surface area (Å²) in [4.78, 5) is 14.7. The average molecular weight is 646 g/mol. The number of aliphatic hydroxyl groups excluding tert-OH is 1. The Morgan fingerprint density at radius 3 is 2.25 bits per heavy atom. The molecular formula is C32H31ClF3N3O4S. The minimum absolute atomic E-state index is 0.0357. The van der Waals surface area contributed by atoms with Crippen LogP contribution < -0.4 is 10.5 Å². The van der Waals surface area contributed by atoms with Gasteiger partial charge in [0.25, 0.3) is 5.91 Å². The Kier molecular flexibility index (Phi) is 10.8. The summed E-state index contributed by atoms with van der Waals surface area (Å²) < 4.78 is 68.8. The van der Waals surface area contributed by atoms with Gasteiger partial charge in [0.15, 0.2) is 0 Å². The van der Waals surface area contributed by atoms with Crippen LogP contribution in [0.4, 0.5) is 13.2 Å². The molecule has 12 heteroatoms. The molecule has 0 spiro atoms. The van der Waals surface area contributed by atoms with Crippen molar-refractivity contribution < 1.29 is 31.5 Å². The second kappa shape index (κ2) is 14.4. The summed E-state index contributed by atoms with van der Waals surface area (Å²) in [5.41, 5.74) is 6.98. The van der Waals surface area contributed by atoms with E-state index in [9.17, 15) is 31.5 Å². The van der Waals surface area contributed by atoms with Crippen LogP contribution in [0.25, 0.3) is 0 Å². The van der Waals surface area contributed by atoms with Crippen LogP contribution in [0.1, 0.15) is 32.6 Å². The highest BCUT2D eigenvalue weighted by atomic mass is 35.5. The second-order valence-electron chi connectivity index (χ2n) is 10.3. The van der Waals surface area contributed by atoms with Crippen LogP contribution in [0.2, 0.25) is 5.02 Å². The smallest absolute Gasteiger partial charge is 0.390 e. The third-order valence-electron chi connectivity index (χ3n) is 6.88. The number of halogens is 4. The molecule has 0 aromatic heterocycles. The van der Waals surface area contributed by atoms with Crippen LogP contribution in [0.5, 0.6) is 0 Å². The van der Waals surface area contributed by atoms with Gasteiger partial charge in [-0.25, -0.2) is 13.1 Å². The first-order chi connectivity index (χ1) is 20.8. The number of rotatable bonds is 12. The highest BCUT2D eigenvalue weighted by Crippen LogP contribution is 2.30. The monoisotopic (exact) mass is 645 g/mol. The second-order valence-corrected chi connectivity index (χ2v) is 12.5. The maximum absolute atomic E-state index is 13.8. The van der Waals surface area contributed by atoms with E-state index in [2.05, 4.69) is 4.72 Å². The van der Waals surface area contributed by atoms with Gasteiger partial charge in [-0.3, -0.25) is 4.79 Å². The molecule has 0 radical (unpaired) electrons. The number of sulfonamides is 1. The van der Waals surface area contributed by atoms with E-state index in [0.29, 0.717) is 17.0 Å². The molecule has 2 atom stereocenters. The molecule has 4 aromatic rings. The van der Waals surface area contributed by atoms with Crippen LogP contribution in [0.15, 0.2) is 108 Å². The molecule has 0 saturated heterocycles. The number of nitrogens with two attached hydrogens (primary N) is 1. The summed E-state index contributed by atoms with van der Waals surface area (Å²) in [6, 6.07) is 24.8.